The number of nitrogen functional groups attached to an aromatic ring is 1. The van der Waals surface area contributed by atoms with Crippen molar-refractivity contribution in [1.82, 2.24) is 35.6 Å². The third-order valence-corrected chi connectivity index (χ3v) is 4.09. The molecule has 0 saturated carbocycles. The normalized spacial score (nSPS) is 11.4. The maximum absolute atomic E-state index is 12.6. The molecule has 0 aliphatic carbocycles. The molecule has 15 heteroatoms. The number of rotatable bonds is 9. The first-order chi connectivity index (χ1) is 14.4. The predicted molar refractivity (Wildman–Crippen MR) is 101 cm³/mol. The van der Waals surface area contributed by atoms with Gasteiger partial charge in [-0.15, -0.1) is 5.10 Å². The fraction of sp³-hybridized carbons (Fsp3) is 0.333. The summed E-state index contributed by atoms with van der Waals surface area (Å²) in [6.07, 6.45) is 1.12. The molecule has 0 radical (unpaired) electrons. The lowest BCUT2D eigenvalue weighted by molar-refractivity contribution is -0.402. The lowest BCUT2D eigenvalue weighted by Gasteiger charge is -2.18. The van der Waals surface area contributed by atoms with Crippen molar-refractivity contribution >= 4 is 23.8 Å². The average Bonchev–Trinajstić information content (AvgIpc) is 3.45. The van der Waals surface area contributed by atoms with Gasteiger partial charge in [0.2, 0.25) is 11.6 Å². The number of furan rings is 1. The van der Waals surface area contributed by atoms with Gasteiger partial charge in [0.05, 0.1) is 18.0 Å². The largest absolute Gasteiger partial charge is 0.433 e. The zero-order valence-electron chi connectivity index (χ0n) is 16.0. The Morgan fingerprint density at radius 1 is 1.40 bits per heavy atom. The molecule has 30 heavy (non-hydrogen) atoms. The molecule has 0 fully saturated rings. The molecule has 0 aliphatic rings. The summed E-state index contributed by atoms with van der Waals surface area (Å²) in [5.74, 6) is -0.905. The minimum absolute atomic E-state index is 0.00752. The number of anilines is 1. The van der Waals surface area contributed by atoms with Gasteiger partial charge in [-0.05, 0) is 29.5 Å². The van der Waals surface area contributed by atoms with Gasteiger partial charge in [-0.2, -0.15) is 9.78 Å². The molecule has 1 amide bonds. The Bertz CT molecular complexity index is 1060. The number of hydrogen-bond donors (Lipinski definition) is 2. The number of nitro groups is 1. The van der Waals surface area contributed by atoms with E-state index in [2.05, 4.69) is 35.8 Å². The van der Waals surface area contributed by atoms with Gasteiger partial charge < -0.3 is 10.2 Å². The molecule has 0 atom stereocenters. The van der Waals surface area contributed by atoms with E-state index in [1.165, 1.54) is 16.8 Å². The summed E-state index contributed by atoms with van der Waals surface area (Å²) in [6.45, 7) is 5.69. The fourth-order valence-electron chi connectivity index (χ4n) is 2.50. The molecule has 15 nitrogen and oxygen atoms in total. The highest BCUT2D eigenvalue weighted by Crippen LogP contribution is 2.18. The van der Waals surface area contributed by atoms with Crippen molar-refractivity contribution in [3.05, 3.63) is 39.4 Å². The Kier molecular flexibility index (Phi) is 6.11. The Morgan fingerprint density at radius 3 is 2.77 bits per heavy atom. The summed E-state index contributed by atoms with van der Waals surface area (Å²) in [5.41, 5.74) is 8.42. The van der Waals surface area contributed by atoms with Crippen LogP contribution in [-0.2, 0) is 6.54 Å². The summed E-state index contributed by atoms with van der Waals surface area (Å²) >= 11 is 0. The molecule has 0 bridgehead atoms. The molecule has 0 aliphatic heterocycles. The number of aromatic nitrogens is 5. The Morgan fingerprint density at radius 2 is 2.17 bits per heavy atom. The number of hydrazone groups is 1. The topological polar surface area (TPSA) is 197 Å². The number of nitrogens with two attached hydrogens (primary N) is 1. The van der Waals surface area contributed by atoms with Crippen LogP contribution in [0.5, 0.6) is 0 Å². The van der Waals surface area contributed by atoms with Crippen molar-refractivity contribution < 1.29 is 18.8 Å². The second-order valence-corrected chi connectivity index (χ2v) is 5.86. The predicted octanol–water partition coefficient (Wildman–Crippen LogP) is 0.339. The van der Waals surface area contributed by atoms with E-state index in [1.54, 1.807) is 0 Å². The van der Waals surface area contributed by atoms with E-state index >= 15 is 0 Å². The molecule has 3 rings (SSSR count). The Hall–Kier alpha value is -4.14. The van der Waals surface area contributed by atoms with Gasteiger partial charge in [0.1, 0.15) is 4.92 Å². The van der Waals surface area contributed by atoms with Crippen LogP contribution in [0.15, 0.2) is 26.3 Å². The van der Waals surface area contributed by atoms with E-state index in [0.717, 1.165) is 6.21 Å². The van der Waals surface area contributed by atoms with Crippen molar-refractivity contribution in [2.45, 2.75) is 20.4 Å². The summed E-state index contributed by atoms with van der Waals surface area (Å²) < 4.78 is 10.8. The number of hydrogen-bond acceptors (Lipinski definition) is 12. The standard InChI is InChI=1S/C15H18N10O5/c1-3-23(4-2)8-10-12(18-22-24(10)14-13(16)20-30-21-14)15(26)19-17-7-9-5-6-11(29-9)25(27)28/h5-7H,3-4,8H2,1-2H3,(H2,16,20)(H,19,26). The van der Waals surface area contributed by atoms with E-state index < -0.39 is 16.7 Å². The lowest BCUT2D eigenvalue weighted by atomic mass is 10.2. The van der Waals surface area contributed by atoms with Gasteiger partial charge in [0, 0.05) is 6.54 Å². The third kappa shape index (κ3) is 4.30. The Labute approximate surface area is 168 Å². The number of carbonyl (C=O) groups is 1. The molecule has 158 valence electrons. The van der Waals surface area contributed by atoms with E-state index in [9.17, 15) is 14.9 Å². The number of amides is 1. The van der Waals surface area contributed by atoms with Crippen LogP contribution >= 0.6 is 0 Å². The summed E-state index contributed by atoms with van der Waals surface area (Å²) in [6, 6.07) is 2.52. The SMILES string of the molecule is CCN(CC)Cc1c(C(=O)NN=Cc2ccc([N+](=O)[O-])o2)nnn1-c1nonc1N. The van der Waals surface area contributed by atoms with Crippen molar-refractivity contribution in [2.75, 3.05) is 18.8 Å². The molecule has 0 spiro atoms. The first kappa shape index (κ1) is 20.6. The monoisotopic (exact) mass is 418 g/mol. The smallest absolute Gasteiger partial charge is 0.400 e. The van der Waals surface area contributed by atoms with Gasteiger partial charge >= 0.3 is 5.88 Å². The molecule has 0 saturated heterocycles. The minimum atomic E-state index is -0.682. The third-order valence-electron chi connectivity index (χ3n) is 4.09. The molecule has 3 N–H and O–H groups in total. The highest BCUT2D eigenvalue weighted by molar-refractivity contribution is 5.94. The number of carbonyl (C=O) groups excluding carboxylic acids is 1. The van der Waals surface area contributed by atoms with Gasteiger partial charge in [0.25, 0.3) is 5.91 Å². The molecular weight excluding hydrogens is 400 g/mol. The minimum Gasteiger partial charge on any atom is -0.400 e. The number of nitrogens with zero attached hydrogens (tertiary/aromatic N) is 8. The molecule has 0 aromatic carbocycles. The maximum Gasteiger partial charge on any atom is 0.433 e. The molecule has 3 aromatic heterocycles. The van der Waals surface area contributed by atoms with Crippen molar-refractivity contribution in [3.8, 4) is 5.82 Å². The average molecular weight is 418 g/mol. The first-order valence-electron chi connectivity index (χ1n) is 8.77. The summed E-state index contributed by atoms with van der Waals surface area (Å²) in [5, 5.41) is 29.4. The highest BCUT2D eigenvalue weighted by atomic mass is 16.6. The van der Waals surface area contributed by atoms with Crippen LogP contribution in [-0.4, -0.2) is 60.3 Å². The van der Waals surface area contributed by atoms with Gasteiger partial charge in [-0.1, -0.05) is 19.1 Å². The molecule has 3 heterocycles. The first-order valence-corrected chi connectivity index (χ1v) is 8.77. The van der Waals surface area contributed by atoms with Crippen molar-refractivity contribution in [3.63, 3.8) is 0 Å². The van der Waals surface area contributed by atoms with Gasteiger partial charge in [-0.25, -0.2) is 10.1 Å². The summed E-state index contributed by atoms with van der Waals surface area (Å²) in [4.78, 5) is 24.6. The van der Waals surface area contributed by atoms with Crippen LogP contribution in [0.4, 0.5) is 11.7 Å². The lowest BCUT2D eigenvalue weighted by Crippen LogP contribution is -2.27. The second-order valence-electron chi connectivity index (χ2n) is 5.86. The molecular formula is C15H18N10O5. The fourth-order valence-corrected chi connectivity index (χ4v) is 2.50. The quantitative estimate of drug-likeness (QED) is 0.276. The zero-order chi connectivity index (χ0) is 21.7. The Balaban J connectivity index is 1.83. The van der Waals surface area contributed by atoms with Crippen LogP contribution < -0.4 is 11.2 Å². The van der Waals surface area contributed by atoms with Crippen LogP contribution in [0.3, 0.4) is 0 Å². The van der Waals surface area contributed by atoms with Gasteiger partial charge in [0.15, 0.2) is 11.5 Å². The van der Waals surface area contributed by atoms with Crippen LogP contribution in [0, 0.1) is 10.1 Å². The van der Waals surface area contributed by atoms with E-state index in [4.69, 9.17) is 10.2 Å². The number of nitrogens with one attached hydrogen (secondary N) is 1. The van der Waals surface area contributed by atoms with Crippen LogP contribution in [0.2, 0.25) is 0 Å². The summed E-state index contributed by atoms with van der Waals surface area (Å²) in [7, 11) is 0. The van der Waals surface area contributed by atoms with E-state index in [-0.39, 0.29) is 23.1 Å². The zero-order valence-corrected chi connectivity index (χ0v) is 16.0. The van der Waals surface area contributed by atoms with Crippen molar-refractivity contribution in [1.29, 1.82) is 0 Å². The van der Waals surface area contributed by atoms with Crippen LogP contribution in [0.25, 0.3) is 5.82 Å². The van der Waals surface area contributed by atoms with E-state index in [0.29, 0.717) is 25.3 Å². The van der Waals surface area contributed by atoms with Crippen molar-refractivity contribution in [2.24, 2.45) is 5.10 Å². The maximum atomic E-state index is 12.6. The van der Waals surface area contributed by atoms with Gasteiger partial charge in [-0.3, -0.25) is 19.8 Å². The molecule has 3 aromatic rings. The second kappa shape index (κ2) is 8.91. The van der Waals surface area contributed by atoms with Crippen LogP contribution in [0.1, 0.15) is 35.8 Å². The van der Waals surface area contributed by atoms with E-state index in [1.807, 2.05) is 18.7 Å². The molecule has 0 unspecified atom stereocenters. The highest BCUT2D eigenvalue weighted by Gasteiger charge is 2.25.